The first-order valence-corrected chi connectivity index (χ1v) is 9.84. The van der Waals surface area contributed by atoms with Gasteiger partial charge in [-0.15, -0.1) is 11.3 Å². The van der Waals surface area contributed by atoms with Crippen LogP contribution in [0.4, 0.5) is 18.2 Å². The zero-order valence-corrected chi connectivity index (χ0v) is 17.5. The summed E-state index contributed by atoms with van der Waals surface area (Å²) < 4.78 is 47.3. The average Bonchev–Trinajstić information content (AvgIpc) is 3.05. The maximum absolute atomic E-state index is 14.3. The van der Waals surface area contributed by atoms with Gasteiger partial charge < -0.3 is 15.2 Å². The Kier molecular flexibility index (Phi) is 6.13. The van der Waals surface area contributed by atoms with Crippen molar-refractivity contribution >= 4 is 50.8 Å². The summed E-state index contributed by atoms with van der Waals surface area (Å²) in [5.74, 6) is -7.77. The van der Waals surface area contributed by atoms with E-state index in [0.29, 0.717) is 17.2 Å². The number of rotatable bonds is 5. The van der Waals surface area contributed by atoms with Crippen molar-refractivity contribution in [3.8, 4) is 16.9 Å². The quantitative estimate of drug-likeness (QED) is 0.431. The number of ether oxygens (including phenoxy) is 1. The highest BCUT2D eigenvalue weighted by Gasteiger charge is 2.27. The predicted octanol–water partition coefficient (Wildman–Crippen LogP) is 5.40. The molecule has 0 aliphatic carbocycles. The summed E-state index contributed by atoms with van der Waals surface area (Å²) in [4.78, 5) is 24.2. The van der Waals surface area contributed by atoms with Crippen molar-refractivity contribution in [3.05, 3.63) is 67.9 Å². The third-order valence-electron chi connectivity index (χ3n) is 3.93. The van der Waals surface area contributed by atoms with Crippen LogP contribution in [0.2, 0.25) is 0 Å². The van der Waals surface area contributed by atoms with Gasteiger partial charge in [0.1, 0.15) is 21.9 Å². The van der Waals surface area contributed by atoms with E-state index in [9.17, 15) is 27.9 Å². The molecule has 0 fully saturated rings. The van der Waals surface area contributed by atoms with Crippen LogP contribution in [0, 0.1) is 21.0 Å². The minimum atomic E-state index is -1.52. The second kappa shape index (κ2) is 8.41. The van der Waals surface area contributed by atoms with Crippen molar-refractivity contribution in [1.29, 1.82) is 0 Å². The number of anilines is 1. The fraction of sp³-hybridized carbons (Fsp3) is 0.0526. The minimum absolute atomic E-state index is 0.113. The van der Waals surface area contributed by atoms with E-state index in [1.165, 1.54) is 5.38 Å². The highest BCUT2D eigenvalue weighted by atomic mass is 127. The molecular formula is C19H11F3INO4S. The molecule has 1 aromatic heterocycles. The highest BCUT2D eigenvalue weighted by molar-refractivity contribution is 14.1. The van der Waals surface area contributed by atoms with Crippen LogP contribution in [0.3, 0.4) is 0 Å². The van der Waals surface area contributed by atoms with E-state index >= 15 is 0 Å². The molecule has 1 amide bonds. The van der Waals surface area contributed by atoms with Crippen molar-refractivity contribution < 1.29 is 32.6 Å². The molecule has 0 unspecified atom stereocenters. The van der Waals surface area contributed by atoms with Gasteiger partial charge in [0.15, 0.2) is 17.4 Å². The molecule has 0 aliphatic heterocycles. The summed E-state index contributed by atoms with van der Waals surface area (Å²) in [7, 11) is 0.969. The molecule has 2 aromatic carbocycles. The van der Waals surface area contributed by atoms with E-state index in [1.807, 2.05) is 6.07 Å². The molecule has 5 nitrogen and oxygen atoms in total. The Morgan fingerprint density at radius 1 is 1.14 bits per heavy atom. The molecule has 3 aromatic rings. The molecule has 150 valence electrons. The van der Waals surface area contributed by atoms with Gasteiger partial charge in [-0.1, -0.05) is 12.1 Å². The highest BCUT2D eigenvalue weighted by Crippen LogP contribution is 2.37. The molecule has 2 N–H and O–H groups in total. The van der Waals surface area contributed by atoms with Crippen LogP contribution >= 0.6 is 33.9 Å². The molecule has 3 rings (SSSR count). The Balaban J connectivity index is 2.04. The van der Waals surface area contributed by atoms with Crippen LogP contribution < -0.4 is 10.1 Å². The largest absolute Gasteiger partial charge is 0.491 e. The van der Waals surface area contributed by atoms with Gasteiger partial charge in [0, 0.05) is 20.6 Å². The first-order valence-electron chi connectivity index (χ1n) is 7.88. The monoisotopic (exact) mass is 533 g/mol. The number of halogens is 4. The number of aromatic carboxylic acids is 1. The zero-order valence-electron chi connectivity index (χ0n) is 14.6. The van der Waals surface area contributed by atoms with Crippen molar-refractivity contribution in [2.75, 3.05) is 12.4 Å². The number of thiophene rings is 1. The normalized spacial score (nSPS) is 10.7. The Hall–Kier alpha value is -2.60. The van der Waals surface area contributed by atoms with Crippen LogP contribution in [0.1, 0.15) is 20.7 Å². The predicted molar refractivity (Wildman–Crippen MR) is 110 cm³/mol. The molecule has 0 atom stereocenters. The van der Waals surface area contributed by atoms with Crippen molar-refractivity contribution in [2.24, 2.45) is 0 Å². The Morgan fingerprint density at radius 3 is 2.48 bits per heavy atom. The van der Waals surface area contributed by atoms with E-state index in [4.69, 9.17) is 0 Å². The van der Waals surface area contributed by atoms with Crippen LogP contribution in [0.25, 0.3) is 11.1 Å². The number of carboxylic acid groups (broad SMARTS) is 1. The standard InChI is InChI=1S/C19H11F3INO4S/c1-28-16-12(21)6-11(20)14(15(16)22)17(25)24-18-13(19(26)27)10(7-29-18)8-3-2-4-9(23)5-8/h2-7H,1H3,(H,24,25)(H,26,27). The lowest BCUT2D eigenvalue weighted by molar-refractivity contribution is 0.0699. The lowest BCUT2D eigenvalue weighted by Gasteiger charge is -2.10. The summed E-state index contributed by atoms with van der Waals surface area (Å²) in [6.45, 7) is 0. The number of carbonyl (C=O) groups excluding carboxylic acids is 1. The van der Waals surface area contributed by atoms with E-state index in [-0.39, 0.29) is 10.6 Å². The van der Waals surface area contributed by atoms with E-state index in [0.717, 1.165) is 22.0 Å². The molecular weight excluding hydrogens is 522 g/mol. The van der Waals surface area contributed by atoms with Gasteiger partial charge >= 0.3 is 5.97 Å². The maximum Gasteiger partial charge on any atom is 0.339 e. The molecule has 0 aliphatic rings. The smallest absolute Gasteiger partial charge is 0.339 e. The van der Waals surface area contributed by atoms with Gasteiger partial charge in [-0.3, -0.25) is 4.79 Å². The number of hydrogen-bond donors (Lipinski definition) is 2. The molecule has 0 saturated carbocycles. The van der Waals surface area contributed by atoms with Gasteiger partial charge in [-0.25, -0.2) is 18.0 Å². The lowest BCUT2D eigenvalue weighted by atomic mass is 10.0. The van der Waals surface area contributed by atoms with E-state index < -0.39 is 40.6 Å². The molecule has 1 heterocycles. The molecule has 0 saturated heterocycles. The zero-order chi connectivity index (χ0) is 21.3. The fourth-order valence-corrected chi connectivity index (χ4v) is 4.16. The van der Waals surface area contributed by atoms with Crippen molar-refractivity contribution in [2.45, 2.75) is 0 Å². The van der Waals surface area contributed by atoms with Crippen molar-refractivity contribution in [3.63, 3.8) is 0 Å². The van der Waals surface area contributed by atoms with Crippen LogP contribution in [0.15, 0.2) is 35.7 Å². The van der Waals surface area contributed by atoms with Gasteiger partial charge in [0.25, 0.3) is 5.91 Å². The summed E-state index contributed by atoms with van der Waals surface area (Å²) in [5, 5.41) is 13.2. The fourth-order valence-electron chi connectivity index (χ4n) is 2.66. The third kappa shape index (κ3) is 4.08. The second-order valence-electron chi connectivity index (χ2n) is 5.69. The topological polar surface area (TPSA) is 75.6 Å². The SMILES string of the molecule is COc1c(F)cc(F)c(C(=O)Nc2scc(-c3cccc(I)c3)c2C(=O)O)c1F. The Morgan fingerprint density at radius 2 is 1.86 bits per heavy atom. The van der Waals surface area contributed by atoms with Gasteiger partial charge in [-0.05, 0) is 40.3 Å². The summed E-state index contributed by atoms with van der Waals surface area (Å²) in [6.07, 6.45) is 0. The number of amides is 1. The molecule has 10 heteroatoms. The Labute approximate surface area is 180 Å². The molecule has 0 spiro atoms. The van der Waals surface area contributed by atoms with Crippen LogP contribution in [-0.2, 0) is 0 Å². The van der Waals surface area contributed by atoms with Gasteiger partial charge in [0.2, 0.25) is 0 Å². The number of methoxy groups -OCH3 is 1. The minimum Gasteiger partial charge on any atom is -0.491 e. The lowest BCUT2D eigenvalue weighted by Crippen LogP contribution is -2.18. The molecule has 0 bridgehead atoms. The summed E-state index contributed by atoms with van der Waals surface area (Å²) in [5.41, 5.74) is -0.357. The van der Waals surface area contributed by atoms with Gasteiger partial charge in [-0.2, -0.15) is 0 Å². The number of nitrogens with one attached hydrogen (secondary N) is 1. The first kappa shape index (κ1) is 21.1. The number of carbonyl (C=O) groups is 2. The van der Waals surface area contributed by atoms with Crippen molar-refractivity contribution in [1.82, 2.24) is 0 Å². The van der Waals surface area contributed by atoms with Gasteiger partial charge in [0.05, 0.1) is 7.11 Å². The first-order chi connectivity index (χ1) is 13.7. The average molecular weight is 533 g/mol. The molecule has 29 heavy (non-hydrogen) atoms. The Bertz CT molecular complexity index is 1130. The maximum atomic E-state index is 14.3. The third-order valence-corrected chi connectivity index (χ3v) is 5.49. The van der Waals surface area contributed by atoms with E-state index in [2.05, 4.69) is 32.6 Å². The van der Waals surface area contributed by atoms with E-state index in [1.54, 1.807) is 18.2 Å². The number of benzene rings is 2. The molecule has 0 radical (unpaired) electrons. The van der Waals surface area contributed by atoms with Crippen LogP contribution in [0.5, 0.6) is 5.75 Å². The summed E-state index contributed by atoms with van der Waals surface area (Å²) in [6, 6.07) is 7.35. The number of carboxylic acids is 1. The number of hydrogen-bond acceptors (Lipinski definition) is 4. The summed E-state index contributed by atoms with van der Waals surface area (Å²) >= 11 is 2.96. The second-order valence-corrected chi connectivity index (χ2v) is 7.81. The van der Waals surface area contributed by atoms with Crippen LogP contribution in [-0.4, -0.2) is 24.1 Å².